The fraction of sp³-hybridized carbons (Fsp3) is 0.375. The maximum atomic E-state index is 10.8. The van der Waals surface area contributed by atoms with E-state index in [1.807, 2.05) is 5.38 Å². The molecule has 0 spiro atoms. The molecule has 1 aliphatic carbocycles. The van der Waals surface area contributed by atoms with Gasteiger partial charge in [0.25, 0.3) is 0 Å². The van der Waals surface area contributed by atoms with E-state index >= 15 is 0 Å². The maximum Gasteiger partial charge on any atom is 0.338 e. The highest BCUT2D eigenvalue weighted by Crippen LogP contribution is 2.45. The first kappa shape index (κ1) is 8.26. The van der Waals surface area contributed by atoms with Gasteiger partial charge in [-0.2, -0.15) is 0 Å². The highest BCUT2D eigenvalue weighted by molar-refractivity contribution is 9.11. The Hall–Kier alpha value is -0.350. The molecule has 0 aliphatic heterocycles. The molecule has 1 saturated carbocycles. The Labute approximate surface area is 82.3 Å². The zero-order chi connectivity index (χ0) is 8.72. The molecule has 0 aromatic carbocycles. The number of carboxylic acid groups (broad SMARTS) is 1. The molecule has 0 amide bonds. The second kappa shape index (κ2) is 2.85. The number of carboxylic acids is 1. The van der Waals surface area contributed by atoms with Gasteiger partial charge in [-0.05, 0) is 45.6 Å². The topological polar surface area (TPSA) is 37.3 Å². The largest absolute Gasteiger partial charge is 0.478 e. The van der Waals surface area contributed by atoms with Crippen molar-refractivity contribution in [2.75, 3.05) is 0 Å². The Balaban J connectivity index is 2.46. The monoisotopic (exact) mass is 246 g/mol. The third-order valence-electron chi connectivity index (χ3n) is 2.01. The molecule has 0 atom stereocenters. The summed E-state index contributed by atoms with van der Waals surface area (Å²) in [5.74, 6) is -0.302. The van der Waals surface area contributed by atoms with Crippen molar-refractivity contribution in [2.45, 2.75) is 18.8 Å². The molecule has 0 bridgehead atoms. The second-order valence-electron chi connectivity index (χ2n) is 2.92. The van der Waals surface area contributed by atoms with Gasteiger partial charge < -0.3 is 5.11 Å². The van der Waals surface area contributed by atoms with E-state index in [1.165, 1.54) is 11.3 Å². The summed E-state index contributed by atoms with van der Waals surface area (Å²) >= 11 is 4.71. The number of thiophene rings is 1. The van der Waals surface area contributed by atoms with E-state index in [1.54, 1.807) is 0 Å². The fourth-order valence-electron chi connectivity index (χ4n) is 1.25. The zero-order valence-electron chi connectivity index (χ0n) is 6.21. The van der Waals surface area contributed by atoms with Crippen LogP contribution in [0.2, 0.25) is 0 Å². The molecule has 1 heterocycles. The van der Waals surface area contributed by atoms with E-state index in [-0.39, 0.29) is 0 Å². The van der Waals surface area contributed by atoms with Gasteiger partial charge in [0.15, 0.2) is 0 Å². The van der Waals surface area contributed by atoms with Crippen LogP contribution in [0.5, 0.6) is 0 Å². The van der Waals surface area contributed by atoms with Crippen LogP contribution in [0.4, 0.5) is 0 Å². The average Bonchev–Trinajstić information content (AvgIpc) is 2.75. The summed E-state index contributed by atoms with van der Waals surface area (Å²) in [5, 5.41) is 10.8. The van der Waals surface area contributed by atoms with Gasteiger partial charge in [0, 0.05) is 0 Å². The van der Waals surface area contributed by atoms with Gasteiger partial charge in [0.05, 0.1) is 9.35 Å². The van der Waals surface area contributed by atoms with Gasteiger partial charge in [-0.3, -0.25) is 0 Å². The van der Waals surface area contributed by atoms with Crippen molar-refractivity contribution in [3.05, 3.63) is 20.3 Å². The van der Waals surface area contributed by atoms with Gasteiger partial charge in [-0.15, -0.1) is 11.3 Å². The molecule has 0 radical (unpaired) electrons. The van der Waals surface area contributed by atoms with E-state index in [4.69, 9.17) is 5.11 Å². The van der Waals surface area contributed by atoms with Crippen LogP contribution < -0.4 is 0 Å². The minimum Gasteiger partial charge on any atom is -0.478 e. The van der Waals surface area contributed by atoms with E-state index in [0.29, 0.717) is 11.5 Å². The lowest BCUT2D eigenvalue weighted by Crippen LogP contribution is -1.98. The van der Waals surface area contributed by atoms with Crippen LogP contribution in [-0.2, 0) is 0 Å². The van der Waals surface area contributed by atoms with Crippen molar-refractivity contribution in [1.82, 2.24) is 0 Å². The molecule has 12 heavy (non-hydrogen) atoms. The summed E-state index contributed by atoms with van der Waals surface area (Å²) in [7, 11) is 0. The van der Waals surface area contributed by atoms with Crippen LogP contribution in [0.1, 0.15) is 34.7 Å². The summed E-state index contributed by atoms with van der Waals surface area (Å²) in [6.07, 6.45) is 2.28. The molecule has 4 heteroatoms. The van der Waals surface area contributed by atoms with E-state index < -0.39 is 5.97 Å². The lowest BCUT2D eigenvalue weighted by molar-refractivity contribution is 0.0695. The molecule has 1 aromatic heterocycles. The number of aromatic carboxylic acids is 1. The molecular weight excluding hydrogens is 240 g/mol. The van der Waals surface area contributed by atoms with Crippen molar-refractivity contribution in [2.24, 2.45) is 0 Å². The third-order valence-corrected chi connectivity index (χ3v) is 3.75. The van der Waals surface area contributed by atoms with Gasteiger partial charge in [-0.25, -0.2) is 4.79 Å². The van der Waals surface area contributed by atoms with Crippen LogP contribution in [0, 0.1) is 0 Å². The zero-order valence-corrected chi connectivity index (χ0v) is 8.61. The van der Waals surface area contributed by atoms with Gasteiger partial charge in [0.2, 0.25) is 0 Å². The minimum absolute atomic E-state index is 0.475. The molecule has 1 N–H and O–H groups in total. The fourth-order valence-corrected chi connectivity index (χ4v) is 2.79. The average molecular weight is 247 g/mol. The number of rotatable bonds is 2. The molecular formula is C8H7BrO2S. The number of hydrogen-bond donors (Lipinski definition) is 1. The molecule has 64 valence electrons. The first-order valence-corrected chi connectivity index (χ1v) is 5.37. The third kappa shape index (κ3) is 1.29. The molecule has 1 aromatic rings. The van der Waals surface area contributed by atoms with E-state index in [0.717, 1.165) is 22.2 Å². The van der Waals surface area contributed by atoms with Crippen LogP contribution >= 0.6 is 27.3 Å². The van der Waals surface area contributed by atoms with Gasteiger partial charge in [-0.1, -0.05) is 0 Å². The first-order valence-electron chi connectivity index (χ1n) is 3.70. The Kier molecular flexibility index (Phi) is 1.96. The Morgan fingerprint density at radius 3 is 2.83 bits per heavy atom. The second-order valence-corrected chi connectivity index (χ2v) is 5.12. The summed E-state index contributed by atoms with van der Waals surface area (Å²) in [4.78, 5) is 10.8. The van der Waals surface area contributed by atoms with Gasteiger partial charge in [0.1, 0.15) is 0 Å². The Bertz CT molecular complexity index is 328. The highest BCUT2D eigenvalue weighted by atomic mass is 79.9. The summed E-state index contributed by atoms with van der Waals surface area (Å²) in [6.45, 7) is 0. The molecule has 0 saturated heterocycles. The molecule has 1 fully saturated rings. The minimum atomic E-state index is -0.815. The van der Waals surface area contributed by atoms with Crippen molar-refractivity contribution in [1.29, 1.82) is 0 Å². The van der Waals surface area contributed by atoms with Crippen molar-refractivity contribution < 1.29 is 9.90 Å². The van der Waals surface area contributed by atoms with E-state index in [2.05, 4.69) is 15.9 Å². The van der Waals surface area contributed by atoms with Crippen molar-refractivity contribution in [3.63, 3.8) is 0 Å². The van der Waals surface area contributed by atoms with Crippen LogP contribution in [0.15, 0.2) is 9.17 Å². The van der Waals surface area contributed by atoms with Crippen LogP contribution in [0.25, 0.3) is 0 Å². The summed E-state index contributed by atoms with van der Waals surface area (Å²) in [5.41, 5.74) is 1.49. The predicted octanol–water partition coefficient (Wildman–Crippen LogP) is 3.09. The Morgan fingerprint density at radius 1 is 1.67 bits per heavy atom. The molecule has 1 aliphatic rings. The SMILES string of the molecule is O=C(O)c1c(C2CC2)csc1Br. The number of carbonyl (C=O) groups is 1. The smallest absolute Gasteiger partial charge is 0.338 e. The number of halogens is 1. The molecule has 2 nitrogen and oxygen atoms in total. The normalized spacial score (nSPS) is 16.4. The van der Waals surface area contributed by atoms with Crippen LogP contribution in [-0.4, -0.2) is 11.1 Å². The lowest BCUT2D eigenvalue weighted by atomic mass is 10.1. The van der Waals surface area contributed by atoms with Crippen LogP contribution in [0.3, 0.4) is 0 Å². The van der Waals surface area contributed by atoms with Crippen molar-refractivity contribution in [3.8, 4) is 0 Å². The maximum absolute atomic E-state index is 10.8. The Morgan fingerprint density at radius 2 is 2.33 bits per heavy atom. The van der Waals surface area contributed by atoms with E-state index in [9.17, 15) is 4.79 Å². The highest BCUT2D eigenvalue weighted by Gasteiger charge is 2.30. The van der Waals surface area contributed by atoms with Crippen molar-refractivity contribution >= 4 is 33.2 Å². The predicted molar refractivity (Wildman–Crippen MR) is 51.0 cm³/mol. The quantitative estimate of drug-likeness (QED) is 0.871. The van der Waals surface area contributed by atoms with Gasteiger partial charge >= 0.3 is 5.97 Å². The molecule has 2 rings (SSSR count). The molecule has 0 unspecified atom stereocenters. The lowest BCUT2D eigenvalue weighted by Gasteiger charge is -1.95. The first-order chi connectivity index (χ1) is 5.70. The summed E-state index contributed by atoms with van der Waals surface area (Å²) in [6, 6.07) is 0. The summed E-state index contributed by atoms with van der Waals surface area (Å²) < 4.78 is 0.747. The standard InChI is InChI=1S/C8H7BrO2S/c9-7-6(8(10)11)5(3-12-7)4-1-2-4/h3-4H,1-2H2,(H,10,11). The number of hydrogen-bond acceptors (Lipinski definition) is 2.